The third kappa shape index (κ3) is 3.39. The number of fused-ring (bicyclic) bond motifs is 1. The van der Waals surface area contributed by atoms with Gasteiger partial charge in [-0.3, -0.25) is 14.8 Å². The van der Waals surface area contributed by atoms with Crippen molar-refractivity contribution in [3.8, 4) is 0 Å². The molecule has 0 aliphatic carbocycles. The Kier molecular flexibility index (Phi) is 4.29. The second-order valence-electron chi connectivity index (χ2n) is 6.94. The smallest absolute Gasteiger partial charge is 0.0705 e. The van der Waals surface area contributed by atoms with E-state index in [0.29, 0.717) is 0 Å². The van der Waals surface area contributed by atoms with Crippen LogP contribution in [0.15, 0.2) is 30.3 Å². The van der Waals surface area contributed by atoms with Crippen molar-refractivity contribution in [1.29, 1.82) is 0 Å². The largest absolute Gasteiger partial charge is 0.314 e. The second-order valence-corrected chi connectivity index (χ2v) is 6.94. The van der Waals surface area contributed by atoms with E-state index < -0.39 is 0 Å². The molecule has 1 aromatic heterocycles. The van der Waals surface area contributed by atoms with Gasteiger partial charge in [-0.05, 0) is 37.1 Å². The van der Waals surface area contributed by atoms with Crippen molar-refractivity contribution < 1.29 is 0 Å². The van der Waals surface area contributed by atoms with Gasteiger partial charge in [0.15, 0.2) is 0 Å². The van der Waals surface area contributed by atoms with Crippen molar-refractivity contribution in [2.75, 3.05) is 39.3 Å². The van der Waals surface area contributed by atoms with Crippen LogP contribution in [0.25, 0.3) is 10.9 Å². The maximum Gasteiger partial charge on any atom is 0.0705 e. The molecule has 1 atom stereocenters. The number of nitrogens with zero attached hydrogens (tertiary/aromatic N) is 3. The van der Waals surface area contributed by atoms with E-state index in [4.69, 9.17) is 0 Å². The number of piperazine rings is 1. The molecule has 1 unspecified atom stereocenters. The maximum absolute atomic E-state index is 4.60. The molecule has 122 valence electrons. The first-order chi connectivity index (χ1) is 11.3. The Bertz CT molecular complexity index is 678. The first kappa shape index (κ1) is 15.1. The van der Waals surface area contributed by atoms with E-state index >= 15 is 0 Å². The molecule has 0 radical (unpaired) electrons. The molecule has 0 spiro atoms. The molecule has 2 aliphatic rings. The maximum atomic E-state index is 4.60. The van der Waals surface area contributed by atoms with E-state index in [2.05, 4.69) is 50.4 Å². The van der Waals surface area contributed by atoms with Crippen molar-refractivity contribution in [3.05, 3.63) is 41.6 Å². The molecule has 23 heavy (non-hydrogen) atoms. The standard InChI is InChI=1S/C19H26N4/c1-15-2-4-17-12-16(3-5-19(17)21-15)13-22-9-6-18(14-22)23-10-7-20-8-11-23/h2-5,12,18,20H,6-11,13-14H2,1H3. The van der Waals surface area contributed by atoms with E-state index in [1.54, 1.807) is 0 Å². The number of nitrogens with one attached hydrogen (secondary N) is 1. The lowest BCUT2D eigenvalue weighted by molar-refractivity contribution is 0.170. The lowest BCUT2D eigenvalue weighted by Crippen LogP contribution is -2.49. The van der Waals surface area contributed by atoms with E-state index in [0.717, 1.165) is 36.9 Å². The predicted molar refractivity (Wildman–Crippen MR) is 94.6 cm³/mol. The van der Waals surface area contributed by atoms with Crippen LogP contribution < -0.4 is 5.32 Å². The molecule has 0 amide bonds. The third-order valence-electron chi connectivity index (χ3n) is 5.21. The number of hydrogen-bond donors (Lipinski definition) is 1. The molecule has 2 saturated heterocycles. The fourth-order valence-electron chi connectivity index (χ4n) is 3.93. The van der Waals surface area contributed by atoms with Crippen LogP contribution in [0, 0.1) is 6.92 Å². The summed E-state index contributed by atoms with van der Waals surface area (Å²) in [6.45, 7) is 10.3. The van der Waals surface area contributed by atoms with Gasteiger partial charge in [0.1, 0.15) is 0 Å². The third-order valence-corrected chi connectivity index (χ3v) is 5.21. The van der Waals surface area contributed by atoms with E-state index in [-0.39, 0.29) is 0 Å². The Hall–Kier alpha value is -1.49. The van der Waals surface area contributed by atoms with Gasteiger partial charge in [-0.1, -0.05) is 12.1 Å². The molecule has 1 N–H and O–H groups in total. The molecule has 4 nitrogen and oxygen atoms in total. The van der Waals surface area contributed by atoms with E-state index in [1.165, 1.54) is 43.5 Å². The average Bonchev–Trinajstić information content (AvgIpc) is 3.04. The fraction of sp³-hybridized carbons (Fsp3) is 0.526. The monoisotopic (exact) mass is 310 g/mol. The zero-order valence-electron chi connectivity index (χ0n) is 14.0. The summed E-state index contributed by atoms with van der Waals surface area (Å²) in [5.41, 5.74) is 3.60. The summed E-state index contributed by atoms with van der Waals surface area (Å²) in [4.78, 5) is 9.87. The van der Waals surface area contributed by atoms with Crippen LogP contribution in [0.3, 0.4) is 0 Å². The number of rotatable bonds is 3. The normalized spacial score (nSPS) is 23.6. The molecular formula is C19H26N4. The highest BCUT2D eigenvalue weighted by atomic mass is 15.3. The molecule has 4 heteroatoms. The van der Waals surface area contributed by atoms with E-state index in [1.807, 2.05) is 6.92 Å². The second kappa shape index (κ2) is 6.56. The minimum atomic E-state index is 0.752. The van der Waals surface area contributed by atoms with Gasteiger partial charge in [0.05, 0.1) is 5.52 Å². The van der Waals surface area contributed by atoms with Crippen LogP contribution in [0.2, 0.25) is 0 Å². The van der Waals surface area contributed by atoms with Crippen molar-refractivity contribution in [2.24, 2.45) is 0 Å². The molecule has 2 fully saturated rings. The van der Waals surface area contributed by atoms with Gasteiger partial charge >= 0.3 is 0 Å². The topological polar surface area (TPSA) is 31.4 Å². The Morgan fingerprint density at radius 3 is 2.87 bits per heavy atom. The van der Waals surface area contributed by atoms with Crippen LogP contribution >= 0.6 is 0 Å². The van der Waals surface area contributed by atoms with Gasteiger partial charge in [-0.2, -0.15) is 0 Å². The lowest BCUT2D eigenvalue weighted by atomic mass is 10.1. The highest BCUT2D eigenvalue weighted by Crippen LogP contribution is 2.21. The number of pyridine rings is 1. The molecule has 2 aliphatic heterocycles. The number of likely N-dealkylation sites (tertiary alicyclic amines) is 1. The summed E-state index contributed by atoms with van der Waals surface area (Å²) in [6, 6.07) is 11.8. The van der Waals surface area contributed by atoms with Crippen molar-refractivity contribution >= 4 is 10.9 Å². The summed E-state index contributed by atoms with van der Waals surface area (Å²) in [6.07, 6.45) is 1.31. The molecule has 2 aromatic rings. The number of benzene rings is 1. The van der Waals surface area contributed by atoms with Gasteiger partial charge in [0.2, 0.25) is 0 Å². The predicted octanol–water partition coefficient (Wildman–Crippen LogP) is 2.02. The summed E-state index contributed by atoms with van der Waals surface area (Å²) < 4.78 is 0. The first-order valence-corrected chi connectivity index (χ1v) is 8.81. The Morgan fingerprint density at radius 2 is 2.00 bits per heavy atom. The zero-order valence-corrected chi connectivity index (χ0v) is 14.0. The Labute approximate surface area is 138 Å². The molecule has 1 aromatic carbocycles. The molecular weight excluding hydrogens is 284 g/mol. The number of hydrogen-bond acceptors (Lipinski definition) is 4. The van der Waals surface area contributed by atoms with Crippen LogP contribution in [0.1, 0.15) is 17.7 Å². The first-order valence-electron chi connectivity index (χ1n) is 8.81. The fourth-order valence-corrected chi connectivity index (χ4v) is 3.93. The quantitative estimate of drug-likeness (QED) is 0.940. The zero-order chi connectivity index (χ0) is 15.6. The SMILES string of the molecule is Cc1ccc2cc(CN3CCC(N4CCNCC4)C3)ccc2n1. The average molecular weight is 310 g/mol. The van der Waals surface area contributed by atoms with Crippen LogP contribution in [0.5, 0.6) is 0 Å². The lowest BCUT2D eigenvalue weighted by Gasteiger charge is -2.32. The highest BCUT2D eigenvalue weighted by molar-refractivity contribution is 5.79. The molecule has 0 bridgehead atoms. The molecule has 3 heterocycles. The summed E-state index contributed by atoms with van der Waals surface area (Å²) in [7, 11) is 0. The van der Waals surface area contributed by atoms with Crippen LogP contribution in [-0.4, -0.2) is 60.1 Å². The number of aryl methyl sites for hydroxylation is 1. The van der Waals surface area contributed by atoms with E-state index in [9.17, 15) is 0 Å². The Balaban J connectivity index is 1.41. The minimum Gasteiger partial charge on any atom is -0.314 e. The van der Waals surface area contributed by atoms with Crippen LogP contribution in [0.4, 0.5) is 0 Å². The minimum absolute atomic E-state index is 0.752. The van der Waals surface area contributed by atoms with Gasteiger partial charge in [0, 0.05) is 62.9 Å². The molecule has 4 rings (SSSR count). The van der Waals surface area contributed by atoms with Crippen molar-refractivity contribution in [1.82, 2.24) is 20.1 Å². The van der Waals surface area contributed by atoms with Crippen molar-refractivity contribution in [3.63, 3.8) is 0 Å². The van der Waals surface area contributed by atoms with Gasteiger partial charge in [-0.25, -0.2) is 0 Å². The summed E-state index contributed by atoms with van der Waals surface area (Å²) >= 11 is 0. The van der Waals surface area contributed by atoms with Crippen LogP contribution in [-0.2, 0) is 6.54 Å². The summed E-state index contributed by atoms with van der Waals surface area (Å²) in [5.74, 6) is 0. The molecule has 0 saturated carbocycles. The number of aromatic nitrogens is 1. The van der Waals surface area contributed by atoms with Crippen molar-refractivity contribution in [2.45, 2.75) is 25.9 Å². The van der Waals surface area contributed by atoms with Gasteiger partial charge in [0.25, 0.3) is 0 Å². The Morgan fingerprint density at radius 1 is 1.13 bits per heavy atom. The highest BCUT2D eigenvalue weighted by Gasteiger charge is 2.28. The van der Waals surface area contributed by atoms with Gasteiger partial charge < -0.3 is 5.32 Å². The summed E-state index contributed by atoms with van der Waals surface area (Å²) in [5, 5.41) is 4.70. The van der Waals surface area contributed by atoms with Gasteiger partial charge in [-0.15, -0.1) is 0 Å².